The van der Waals surface area contributed by atoms with E-state index >= 15 is 0 Å². The molecule has 10 heavy (non-hydrogen) atoms. The van der Waals surface area contributed by atoms with Crippen LogP contribution in [-0.4, -0.2) is 20.4 Å². The maximum absolute atomic E-state index is 2.35. The van der Waals surface area contributed by atoms with E-state index in [0.717, 1.165) is 0 Å². The van der Waals surface area contributed by atoms with Crippen LogP contribution >= 0.6 is 0 Å². The van der Waals surface area contributed by atoms with Crippen molar-refractivity contribution >= 4 is 29.2 Å². The van der Waals surface area contributed by atoms with Gasteiger partial charge in [0.2, 0.25) is 0 Å². The van der Waals surface area contributed by atoms with Gasteiger partial charge in [-0.25, -0.2) is 0 Å². The molecule has 0 spiro atoms. The monoisotopic (exact) mass is 246 g/mol. The van der Waals surface area contributed by atoms with Crippen LogP contribution in [0.3, 0.4) is 0 Å². The van der Waals surface area contributed by atoms with Crippen LogP contribution in [0, 0.1) is 6.92 Å². The first-order valence-electron chi connectivity index (χ1n) is 3.31. The summed E-state index contributed by atoms with van der Waals surface area (Å²) < 4.78 is 3.95. The molecule has 0 amide bonds. The Morgan fingerprint density at radius 1 is 1.20 bits per heavy atom. The van der Waals surface area contributed by atoms with E-state index in [0.29, 0.717) is 0 Å². The summed E-state index contributed by atoms with van der Waals surface area (Å²) in [6, 6.07) is 8.87. The molecule has 1 heterocycles. The third kappa shape index (κ3) is 0.905. The van der Waals surface area contributed by atoms with Crippen molar-refractivity contribution in [3.8, 4) is 0 Å². The third-order valence-electron chi connectivity index (χ3n) is 1.71. The molecule has 1 heteroatoms. The van der Waals surface area contributed by atoms with E-state index < -0.39 is 0 Å². The minimum absolute atomic E-state index is 0.0621. The van der Waals surface area contributed by atoms with Gasteiger partial charge >= 0.3 is 70.1 Å². The molecule has 0 aliphatic heterocycles. The van der Waals surface area contributed by atoms with Crippen molar-refractivity contribution in [2.45, 2.75) is 6.92 Å². The van der Waals surface area contributed by atoms with Crippen molar-refractivity contribution in [1.29, 1.82) is 0 Å². The van der Waals surface area contributed by atoms with E-state index in [2.05, 4.69) is 35.3 Å². The van der Waals surface area contributed by atoms with Gasteiger partial charge in [0.1, 0.15) is 0 Å². The van der Waals surface area contributed by atoms with Crippen LogP contribution in [0.5, 0.6) is 0 Å². The Kier molecular flexibility index (Phi) is 1.56. The van der Waals surface area contributed by atoms with Gasteiger partial charge in [-0.05, 0) is 0 Å². The van der Waals surface area contributed by atoms with E-state index in [1.54, 1.807) is 3.40 Å². The molecule has 0 bridgehead atoms. The molecule has 0 aliphatic rings. The minimum atomic E-state index is 0.0621. The molecule has 2 aromatic rings. The van der Waals surface area contributed by atoms with Crippen LogP contribution in [0.2, 0.25) is 0 Å². The van der Waals surface area contributed by atoms with Gasteiger partial charge in [0.05, 0.1) is 0 Å². The average molecular weight is 244 g/mol. The predicted molar refractivity (Wildman–Crippen MR) is 45.6 cm³/mol. The standard InChI is InChI=1S/C9H8Te/c1-7-3-2-4-9-8(7)5-6-10-9/h2-6H,1H3. The first kappa shape index (κ1) is 6.46. The number of rotatable bonds is 0. The average Bonchev–Trinajstić information content (AvgIpc) is 2.36. The summed E-state index contributed by atoms with van der Waals surface area (Å²) in [7, 11) is 0. The fourth-order valence-electron chi connectivity index (χ4n) is 1.15. The van der Waals surface area contributed by atoms with E-state index in [1.807, 2.05) is 0 Å². The van der Waals surface area contributed by atoms with Gasteiger partial charge in [0, 0.05) is 0 Å². The van der Waals surface area contributed by atoms with Gasteiger partial charge in [-0.15, -0.1) is 0 Å². The number of aryl methyl sites for hydroxylation is 1. The van der Waals surface area contributed by atoms with Gasteiger partial charge in [0.15, 0.2) is 0 Å². The Balaban J connectivity index is 2.95. The zero-order valence-electron chi connectivity index (χ0n) is 5.79. The maximum atomic E-state index is 2.35. The second kappa shape index (κ2) is 2.42. The summed E-state index contributed by atoms with van der Waals surface area (Å²) in [6.07, 6.45) is 0. The molecule has 0 saturated carbocycles. The number of fused-ring (bicyclic) bond motifs is 1. The van der Waals surface area contributed by atoms with Crippen LogP contribution in [0.25, 0.3) is 8.79 Å². The van der Waals surface area contributed by atoms with Crippen LogP contribution in [0.4, 0.5) is 0 Å². The Labute approximate surface area is 70.1 Å². The van der Waals surface area contributed by atoms with Crippen LogP contribution < -0.4 is 0 Å². The Morgan fingerprint density at radius 3 is 2.90 bits per heavy atom. The van der Waals surface area contributed by atoms with Gasteiger partial charge in [-0.2, -0.15) is 0 Å². The van der Waals surface area contributed by atoms with Gasteiger partial charge in [-0.3, -0.25) is 0 Å². The second-order valence-corrected chi connectivity index (χ2v) is 5.11. The molecule has 0 nitrogen and oxygen atoms in total. The van der Waals surface area contributed by atoms with Crippen molar-refractivity contribution in [2.75, 3.05) is 0 Å². The van der Waals surface area contributed by atoms with E-state index in [-0.39, 0.29) is 20.4 Å². The summed E-state index contributed by atoms with van der Waals surface area (Å²) in [5.41, 5.74) is 1.43. The molecule has 0 radical (unpaired) electrons. The zero-order chi connectivity index (χ0) is 6.97. The van der Waals surface area contributed by atoms with E-state index in [9.17, 15) is 0 Å². The Bertz CT molecular complexity index is 346. The quantitative estimate of drug-likeness (QED) is 0.623. The van der Waals surface area contributed by atoms with Gasteiger partial charge in [0.25, 0.3) is 0 Å². The zero-order valence-corrected chi connectivity index (χ0v) is 8.13. The topological polar surface area (TPSA) is 0 Å². The molecule has 1 aromatic heterocycles. The van der Waals surface area contributed by atoms with E-state index in [1.165, 1.54) is 10.9 Å². The first-order valence-corrected chi connectivity index (χ1v) is 5.82. The van der Waals surface area contributed by atoms with Crippen LogP contribution in [0.1, 0.15) is 5.56 Å². The molecule has 1 aromatic carbocycles. The molecule has 0 unspecified atom stereocenters. The molecule has 0 atom stereocenters. The number of hydrogen-bond donors (Lipinski definition) is 0. The fraction of sp³-hybridized carbons (Fsp3) is 0.111. The van der Waals surface area contributed by atoms with Crippen molar-refractivity contribution < 1.29 is 0 Å². The molecule has 2 rings (SSSR count). The summed E-state index contributed by atoms with van der Waals surface area (Å²) in [5, 5.41) is 1.49. The Morgan fingerprint density at radius 2 is 2.10 bits per heavy atom. The van der Waals surface area contributed by atoms with Gasteiger partial charge < -0.3 is 0 Å². The fourth-order valence-corrected chi connectivity index (χ4v) is 3.61. The first-order chi connectivity index (χ1) is 4.88. The van der Waals surface area contributed by atoms with Crippen LogP contribution in [0.15, 0.2) is 28.3 Å². The molecule has 50 valence electrons. The van der Waals surface area contributed by atoms with Crippen molar-refractivity contribution in [2.24, 2.45) is 0 Å². The molecule has 0 saturated heterocycles. The number of benzene rings is 1. The molecular weight excluding hydrogens is 236 g/mol. The summed E-state index contributed by atoms with van der Waals surface area (Å²) in [6.45, 7) is 2.18. The normalized spacial score (nSPS) is 10.5. The summed E-state index contributed by atoms with van der Waals surface area (Å²) in [4.78, 5) is 0. The van der Waals surface area contributed by atoms with Crippen LogP contribution in [-0.2, 0) is 0 Å². The van der Waals surface area contributed by atoms with Gasteiger partial charge in [-0.1, -0.05) is 0 Å². The Hall–Kier alpha value is -0.250. The third-order valence-corrected chi connectivity index (χ3v) is 4.23. The second-order valence-electron chi connectivity index (χ2n) is 2.41. The van der Waals surface area contributed by atoms with Crippen molar-refractivity contribution in [1.82, 2.24) is 0 Å². The van der Waals surface area contributed by atoms with Crippen molar-refractivity contribution in [3.05, 3.63) is 33.9 Å². The SMILES string of the molecule is Cc1cccc2[te]ccc12. The molecular formula is C9H8Te. The summed E-state index contributed by atoms with van der Waals surface area (Å²) in [5.74, 6) is 0. The predicted octanol–water partition coefficient (Wildman–Crippen LogP) is 2.21. The number of hydrogen-bond acceptors (Lipinski definition) is 0. The van der Waals surface area contributed by atoms with E-state index in [4.69, 9.17) is 0 Å². The molecule has 0 N–H and O–H groups in total. The summed E-state index contributed by atoms with van der Waals surface area (Å²) >= 11 is 0.0621. The molecule has 0 aliphatic carbocycles. The molecule has 0 fully saturated rings. The van der Waals surface area contributed by atoms with Crippen molar-refractivity contribution in [3.63, 3.8) is 0 Å².